The van der Waals surface area contributed by atoms with Crippen LogP contribution in [0.15, 0.2) is 56.6 Å². The van der Waals surface area contributed by atoms with E-state index >= 15 is 0 Å². The Kier molecular flexibility index (Phi) is 5.92. The van der Waals surface area contributed by atoms with E-state index in [1.165, 1.54) is 12.3 Å². The first-order chi connectivity index (χ1) is 13.0. The highest BCUT2D eigenvalue weighted by molar-refractivity contribution is 9.11. The maximum absolute atomic E-state index is 12.0. The number of halogens is 2. The van der Waals surface area contributed by atoms with Gasteiger partial charge in [0, 0.05) is 22.8 Å². The molecule has 138 valence electrons. The normalized spacial score (nSPS) is 11.0. The zero-order valence-corrected chi connectivity index (χ0v) is 17.0. The van der Waals surface area contributed by atoms with Gasteiger partial charge < -0.3 is 15.5 Å². The van der Waals surface area contributed by atoms with Crippen molar-refractivity contribution in [1.29, 1.82) is 0 Å². The number of fused-ring (bicyclic) bond motifs is 1. The highest BCUT2D eigenvalue weighted by Crippen LogP contribution is 2.40. The number of phenolic OH excluding ortho intramolecular Hbond substituents is 2. The minimum absolute atomic E-state index is 0.0142. The van der Waals surface area contributed by atoms with E-state index in [-0.39, 0.29) is 28.4 Å². The second kappa shape index (κ2) is 8.36. The molecular weight excluding hydrogens is 480 g/mol. The fourth-order valence-corrected chi connectivity index (χ4v) is 3.52. The van der Waals surface area contributed by atoms with Gasteiger partial charge in [0.2, 0.25) is 0 Å². The standard InChI is InChI=1S/C18H14Br2N4O3/c19-12-7-10(17(26)16(20)18(12)27)8-23-24-15(25)9-22-14-5-1-4-13-11(14)3-2-6-21-13/h1-8,22,26-27H,9H2,(H,24,25). The molecule has 0 bridgehead atoms. The molecule has 1 amide bonds. The van der Waals surface area contributed by atoms with Crippen molar-refractivity contribution in [2.75, 3.05) is 11.9 Å². The number of nitrogens with zero attached hydrogens (tertiary/aromatic N) is 2. The van der Waals surface area contributed by atoms with Crippen molar-refractivity contribution in [2.45, 2.75) is 0 Å². The molecule has 27 heavy (non-hydrogen) atoms. The lowest BCUT2D eigenvalue weighted by Gasteiger charge is -2.08. The van der Waals surface area contributed by atoms with Crippen LogP contribution in [0, 0.1) is 0 Å². The molecule has 4 N–H and O–H groups in total. The summed E-state index contributed by atoms with van der Waals surface area (Å²) in [4.78, 5) is 16.3. The molecule has 7 nitrogen and oxygen atoms in total. The van der Waals surface area contributed by atoms with E-state index in [2.05, 4.69) is 52.7 Å². The number of hydrogen-bond donors (Lipinski definition) is 4. The SMILES string of the molecule is O=C(CNc1cccc2ncccc12)NN=Cc1cc(Br)c(O)c(Br)c1O. The molecule has 0 atom stereocenters. The van der Waals surface area contributed by atoms with Crippen LogP contribution in [0.25, 0.3) is 10.9 Å². The zero-order chi connectivity index (χ0) is 19.4. The summed E-state index contributed by atoms with van der Waals surface area (Å²) in [5, 5.41) is 27.5. The molecule has 0 unspecified atom stereocenters. The predicted octanol–water partition coefficient (Wildman–Crippen LogP) is 3.73. The van der Waals surface area contributed by atoms with Gasteiger partial charge in [0.05, 0.1) is 22.7 Å². The Hall–Kier alpha value is -2.65. The van der Waals surface area contributed by atoms with Gasteiger partial charge >= 0.3 is 0 Å². The highest BCUT2D eigenvalue weighted by atomic mass is 79.9. The van der Waals surface area contributed by atoms with Gasteiger partial charge in [0.25, 0.3) is 5.91 Å². The van der Waals surface area contributed by atoms with Gasteiger partial charge in [-0.25, -0.2) is 5.43 Å². The molecule has 0 radical (unpaired) electrons. The first-order valence-corrected chi connectivity index (χ1v) is 9.35. The number of hydrogen-bond acceptors (Lipinski definition) is 6. The molecule has 0 saturated carbocycles. The van der Waals surface area contributed by atoms with Crippen molar-refractivity contribution >= 4 is 60.6 Å². The van der Waals surface area contributed by atoms with Gasteiger partial charge in [-0.3, -0.25) is 9.78 Å². The van der Waals surface area contributed by atoms with Crippen LogP contribution >= 0.6 is 31.9 Å². The molecule has 1 aromatic heterocycles. The van der Waals surface area contributed by atoms with Crippen LogP contribution in [0.3, 0.4) is 0 Å². The third kappa shape index (κ3) is 4.37. The fourth-order valence-electron chi connectivity index (χ4n) is 2.36. The van der Waals surface area contributed by atoms with Crippen LogP contribution < -0.4 is 10.7 Å². The monoisotopic (exact) mass is 492 g/mol. The Bertz CT molecular complexity index is 1040. The Morgan fingerprint density at radius 1 is 1.19 bits per heavy atom. The van der Waals surface area contributed by atoms with E-state index in [0.29, 0.717) is 10.0 Å². The number of anilines is 1. The maximum Gasteiger partial charge on any atom is 0.259 e. The summed E-state index contributed by atoms with van der Waals surface area (Å²) in [6, 6.07) is 10.8. The third-order valence-electron chi connectivity index (χ3n) is 3.68. The van der Waals surface area contributed by atoms with Gasteiger partial charge in [-0.15, -0.1) is 0 Å². The summed E-state index contributed by atoms with van der Waals surface area (Å²) in [7, 11) is 0. The van der Waals surface area contributed by atoms with Crippen molar-refractivity contribution in [1.82, 2.24) is 10.4 Å². The Morgan fingerprint density at radius 3 is 2.81 bits per heavy atom. The van der Waals surface area contributed by atoms with Crippen molar-refractivity contribution < 1.29 is 15.0 Å². The number of carbonyl (C=O) groups excluding carboxylic acids is 1. The Balaban J connectivity index is 1.63. The van der Waals surface area contributed by atoms with E-state index in [9.17, 15) is 15.0 Å². The molecule has 0 aliphatic heterocycles. The van der Waals surface area contributed by atoms with E-state index in [0.717, 1.165) is 16.6 Å². The number of amides is 1. The van der Waals surface area contributed by atoms with Crippen LogP contribution in [0.2, 0.25) is 0 Å². The highest BCUT2D eigenvalue weighted by Gasteiger charge is 2.12. The van der Waals surface area contributed by atoms with Gasteiger partial charge in [-0.05, 0) is 62.2 Å². The van der Waals surface area contributed by atoms with Crippen LogP contribution in [0.4, 0.5) is 5.69 Å². The van der Waals surface area contributed by atoms with Crippen molar-refractivity contribution in [3.05, 3.63) is 57.1 Å². The number of pyridine rings is 1. The van der Waals surface area contributed by atoms with Crippen molar-refractivity contribution in [3.63, 3.8) is 0 Å². The van der Waals surface area contributed by atoms with E-state index < -0.39 is 0 Å². The summed E-state index contributed by atoms with van der Waals surface area (Å²) >= 11 is 6.25. The predicted molar refractivity (Wildman–Crippen MR) is 111 cm³/mol. The topological polar surface area (TPSA) is 107 Å². The average Bonchev–Trinajstić information content (AvgIpc) is 2.68. The first kappa shape index (κ1) is 19.1. The zero-order valence-electron chi connectivity index (χ0n) is 13.8. The van der Waals surface area contributed by atoms with E-state index in [1.807, 2.05) is 30.3 Å². The summed E-state index contributed by atoms with van der Waals surface area (Å²) in [5.74, 6) is -0.666. The van der Waals surface area contributed by atoms with E-state index in [1.54, 1.807) is 6.20 Å². The molecule has 0 saturated heterocycles. The number of phenols is 2. The second-order valence-corrected chi connectivity index (χ2v) is 7.13. The molecule has 2 aromatic carbocycles. The van der Waals surface area contributed by atoms with Gasteiger partial charge in [0.1, 0.15) is 16.0 Å². The van der Waals surface area contributed by atoms with Crippen molar-refractivity contribution in [2.24, 2.45) is 5.10 Å². The number of hydrazone groups is 1. The van der Waals surface area contributed by atoms with Crippen molar-refractivity contribution in [3.8, 4) is 11.5 Å². The molecule has 0 fully saturated rings. The quantitative estimate of drug-likeness (QED) is 0.320. The molecule has 0 aliphatic carbocycles. The molecule has 3 rings (SSSR count). The van der Waals surface area contributed by atoms with Crippen LogP contribution in [-0.2, 0) is 4.79 Å². The Morgan fingerprint density at radius 2 is 2.00 bits per heavy atom. The summed E-state index contributed by atoms with van der Waals surface area (Å²) in [6.07, 6.45) is 2.99. The lowest BCUT2D eigenvalue weighted by atomic mass is 10.2. The summed E-state index contributed by atoms with van der Waals surface area (Å²) in [5.41, 5.74) is 4.33. The lowest BCUT2D eigenvalue weighted by molar-refractivity contribution is -0.119. The molecule has 1 heterocycles. The smallest absolute Gasteiger partial charge is 0.259 e. The number of aromatic nitrogens is 1. The van der Waals surface area contributed by atoms with Crippen LogP contribution in [0.5, 0.6) is 11.5 Å². The van der Waals surface area contributed by atoms with Gasteiger partial charge in [-0.1, -0.05) is 6.07 Å². The number of rotatable bonds is 5. The first-order valence-electron chi connectivity index (χ1n) is 7.77. The average molecular weight is 494 g/mol. The minimum Gasteiger partial charge on any atom is -0.506 e. The number of benzene rings is 2. The maximum atomic E-state index is 12.0. The second-order valence-electron chi connectivity index (χ2n) is 5.48. The van der Waals surface area contributed by atoms with Gasteiger partial charge in [0.15, 0.2) is 0 Å². The number of carbonyl (C=O) groups is 1. The van der Waals surface area contributed by atoms with Crippen LogP contribution in [-0.4, -0.2) is 33.9 Å². The molecule has 9 heteroatoms. The fraction of sp³-hybridized carbons (Fsp3) is 0.0556. The number of aromatic hydroxyl groups is 2. The van der Waals surface area contributed by atoms with E-state index in [4.69, 9.17) is 0 Å². The van der Waals surface area contributed by atoms with Crippen LogP contribution in [0.1, 0.15) is 5.56 Å². The lowest BCUT2D eigenvalue weighted by Crippen LogP contribution is -2.25. The third-order valence-corrected chi connectivity index (χ3v) is 5.03. The minimum atomic E-state index is -0.358. The molecule has 0 spiro atoms. The summed E-state index contributed by atoms with van der Waals surface area (Å²) in [6.45, 7) is 0.0142. The summed E-state index contributed by atoms with van der Waals surface area (Å²) < 4.78 is 0.516. The largest absolute Gasteiger partial charge is 0.506 e. The molecule has 3 aromatic rings. The number of nitrogens with one attached hydrogen (secondary N) is 2. The molecule has 0 aliphatic rings. The Labute approximate surface area is 171 Å². The van der Waals surface area contributed by atoms with Gasteiger partial charge in [-0.2, -0.15) is 5.10 Å². The molecular formula is C18H14Br2N4O3.